The Morgan fingerprint density at radius 1 is 1.29 bits per heavy atom. The molecule has 2 aromatic rings. The molecule has 28 heavy (non-hydrogen) atoms. The van der Waals surface area contributed by atoms with Gasteiger partial charge in [0.05, 0.1) is 11.6 Å². The number of hydrogen-bond acceptors (Lipinski definition) is 3. The van der Waals surface area contributed by atoms with E-state index in [4.69, 9.17) is 0 Å². The third-order valence-corrected chi connectivity index (χ3v) is 5.55. The Morgan fingerprint density at radius 3 is 2.61 bits per heavy atom. The fourth-order valence-electron chi connectivity index (χ4n) is 3.74. The highest BCUT2D eigenvalue weighted by molar-refractivity contribution is 6.00. The lowest BCUT2D eigenvalue weighted by Crippen LogP contribution is -2.33. The first kappa shape index (κ1) is 20.1. The van der Waals surface area contributed by atoms with Gasteiger partial charge in [0.2, 0.25) is 11.8 Å². The van der Waals surface area contributed by atoms with Gasteiger partial charge in [-0.15, -0.1) is 0 Å². The number of amides is 2. The maximum atomic E-state index is 12.5. The first-order valence-corrected chi connectivity index (χ1v) is 10.0. The number of nitrogens with one attached hydrogen (secondary N) is 2. The van der Waals surface area contributed by atoms with E-state index in [-0.39, 0.29) is 24.2 Å². The summed E-state index contributed by atoms with van der Waals surface area (Å²) in [5.41, 5.74) is 5.44. The van der Waals surface area contributed by atoms with Gasteiger partial charge in [0.15, 0.2) is 0 Å². The van der Waals surface area contributed by atoms with Crippen molar-refractivity contribution in [1.82, 2.24) is 15.5 Å². The molecular weight excluding hydrogens is 352 g/mol. The van der Waals surface area contributed by atoms with Crippen LogP contribution in [0.4, 0.5) is 5.69 Å². The number of H-pyrrole nitrogens is 1. The van der Waals surface area contributed by atoms with Gasteiger partial charge in [-0.05, 0) is 55.9 Å². The smallest absolute Gasteiger partial charge is 0.227 e. The van der Waals surface area contributed by atoms with Crippen LogP contribution in [-0.2, 0) is 16.0 Å². The quantitative estimate of drug-likeness (QED) is 0.722. The molecule has 1 atom stereocenters. The number of benzene rings is 1. The van der Waals surface area contributed by atoms with Crippen molar-refractivity contribution in [3.63, 3.8) is 0 Å². The van der Waals surface area contributed by atoms with Gasteiger partial charge >= 0.3 is 0 Å². The molecule has 2 heterocycles. The second kappa shape index (κ2) is 8.59. The first-order valence-electron chi connectivity index (χ1n) is 10.0. The lowest BCUT2D eigenvalue weighted by molar-refractivity contribution is -0.126. The van der Waals surface area contributed by atoms with Crippen LogP contribution in [0.25, 0.3) is 0 Å². The fourth-order valence-corrected chi connectivity index (χ4v) is 3.74. The molecule has 1 aliphatic rings. The van der Waals surface area contributed by atoms with Gasteiger partial charge in [-0.25, -0.2) is 0 Å². The summed E-state index contributed by atoms with van der Waals surface area (Å²) in [6, 6.07) is 8.06. The molecule has 1 unspecified atom stereocenters. The molecule has 6 nitrogen and oxygen atoms in total. The molecular formula is C22H30N4O2. The maximum Gasteiger partial charge on any atom is 0.227 e. The summed E-state index contributed by atoms with van der Waals surface area (Å²) in [6.45, 7) is 9.35. The molecule has 0 saturated carbocycles. The predicted molar refractivity (Wildman–Crippen MR) is 110 cm³/mol. The van der Waals surface area contributed by atoms with Crippen LogP contribution in [0.1, 0.15) is 55.1 Å². The molecule has 6 heteroatoms. The number of rotatable bonds is 7. The highest BCUT2D eigenvalue weighted by atomic mass is 16.2. The van der Waals surface area contributed by atoms with Gasteiger partial charge in [0.1, 0.15) is 0 Å². The third kappa shape index (κ3) is 4.43. The van der Waals surface area contributed by atoms with Crippen LogP contribution in [-0.4, -0.2) is 35.1 Å². The number of carbonyl (C=O) groups excluding carboxylic acids is 2. The Hall–Kier alpha value is -2.63. The van der Waals surface area contributed by atoms with Crippen molar-refractivity contribution in [2.45, 2.75) is 52.9 Å². The Balaban J connectivity index is 1.49. The summed E-state index contributed by atoms with van der Waals surface area (Å²) in [5, 5.41) is 10.2. The normalized spacial score (nSPS) is 16.8. The van der Waals surface area contributed by atoms with Crippen molar-refractivity contribution in [1.29, 1.82) is 0 Å². The number of anilines is 1. The predicted octanol–water partition coefficient (Wildman–Crippen LogP) is 3.25. The van der Waals surface area contributed by atoms with E-state index in [1.54, 1.807) is 4.90 Å². The molecule has 1 saturated heterocycles. The average Bonchev–Trinajstić information content (AvgIpc) is 3.21. The molecule has 0 aliphatic carbocycles. The van der Waals surface area contributed by atoms with Crippen molar-refractivity contribution in [3.8, 4) is 0 Å². The van der Waals surface area contributed by atoms with Crippen LogP contribution < -0.4 is 10.2 Å². The number of aromatic nitrogens is 2. The fraction of sp³-hybridized carbons (Fsp3) is 0.500. The maximum absolute atomic E-state index is 12.5. The summed E-state index contributed by atoms with van der Waals surface area (Å²) in [5.74, 6) is 0.156. The van der Waals surface area contributed by atoms with E-state index in [2.05, 4.69) is 41.5 Å². The van der Waals surface area contributed by atoms with E-state index in [0.29, 0.717) is 19.0 Å². The SMILES string of the molecule is Cc1n[nH]c(C)c1CCCNC(=O)C1CC(=O)N(c2ccc(C(C)C)cc2)C1. The third-order valence-electron chi connectivity index (χ3n) is 5.55. The second-order valence-electron chi connectivity index (χ2n) is 7.96. The van der Waals surface area contributed by atoms with Crippen LogP contribution >= 0.6 is 0 Å². The van der Waals surface area contributed by atoms with E-state index in [9.17, 15) is 9.59 Å². The molecule has 1 aromatic heterocycles. The lowest BCUT2D eigenvalue weighted by atomic mass is 10.0. The highest BCUT2D eigenvalue weighted by Gasteiger charge is 2.34. The van der Waals surface area contributed by atoms with E-state index in [0.717, 1.165) is 29.9 Å². The molecule has 1 fully saturated rings. The van der Waals surface area contributed by atoms with Crippen LogP contribution in [0.2, 0.25) is 0 Å². The standard InChI is InChI=1S/C22H30N4O2/c1-14(2)17-7-9-19(10-8-17)26-13-18(12-21(26)27)22(28)23-11-5-6-20-15(3)24-25-16(20)4/h7-10,14,18H,5-6,11-13H2,1-4H3,(H,23,28)(H,24,25). The van der Waals surface area contributed by atoms with Crippen molar-refractivity contribution in [2.24, 2.45) is 5.92 Å². The Kier molecular flexibility index (Phi) is 6.17. The Morgan fingerprint density at radius 2 is 2.00 bits per heavy atom. The van der Waals surface area contributed by atoms with Crippen molar-refractivity contribution < 1.29 is 9.59 Å². The van der Waals surface area contributed by atoms with E-state index in [1.807, 2.05) is 26.0 Å². The van der Waals surface area contributed by atoms with Gasteiger partial charge in [-0.1, -0.05) is 26.0 Å². The summed E-state index contributed by atoms with van der Waals surface area (Å²) < 4.78 is 0. The minimum atomic E-state index is -0.283. The number of nitrogens with zero attached hydrogens (tertiary/aromatic N) is 2. The average molecular weight is 383 g/mol. The van der Waals surface area contributed by atoms with Gasteiger partial charge < -0.3 is 10.2 Å². The molecule has 150 valence electrons. The summed E-state index contributed by atoms with van der Waals surface area (Å²) in [7, 11) is 0. The summed E-state index contributed by atoms with van der Waals surface area (Å²) in [4.78, 5) is 26.6. The van der Waals surface area contributed by atoms with Crippen LogP contribution in [0, 0.1) is 19.8 Å². The van der Waals surface area contributed by atoms with Gasteiger partial charge in [-0.2, -0.15) is 5.10 Å². The zero-order valence-electron chi connectivity index (χ0n) is 17.2. The topological polar surface area (TPSA) is 78.1 Å². The molecule has 3 rings (SSSR count). The first-order chi connectivity index (χ1) is 13.4. The van der Waals surface area contributed by atoms with E-state index >= 15 is 0 Å². The largest absolute Gasteiger partial charge is 0.356 e. The minimum Gasteiger partial charge on any atom is -0.356 e. The molecule has 2 N–H and O–H groups in total. The zero-order valence-corrected chi connectivity index (χ0v) is 17.2. The lowest BCUT2D eigenvalue weighted by Gasteiger charge is -2.17. The van der Waals surface area contributed by atoms with E-state index < -0.39 is 0 Å². The number of hydrogen-bond donors (Lipinski definition) is 2. The second-order valence-corrected chi connectivity index (χ2v) is 7.96. The number of aryl methyl sites for hydroxylation is 2. The zero-order chi connectivity index (χ0) is 20.3. The van der Waals surface area contributed by atoms with Crippen molar-refractivity contribution in [2.75, 3.05) is 18.0 Å². The highest BCUT2D eigenvalue weighted by Crippen LogP contribution is 2.27. The minimum absolute atomic E-state index is 0.0158. The van der Waals surface area contributed by atoms with Gasteiger partial charge in [0, 0.05) is 30.9 Å². The molecule has 2 amide bonds. The van der Waals surface area contributed by atoms with Crippen molar-refractivity contribution >= 4 is 17.5 Å². The molecule has 1 aliphatic heterocycles. The van der Waals surface area contributed by atoms with Gasteiger partial charge in [0.25, 0.3) is 0 Å². The monoisotopic (exact) mass is 382 g/mol. The van der Waals surface area contributed by atoms with Crippen LogP contribution in [0.15, 0.2) is 24.3 Å². The Bertz CT molecular complexity index is 819. The van der Waals surface area contributed by atoms with Crippen LogP contribution in [0.3, 0.4) is 0 Å². The molecule has 0 radical (unpaired) electrons. The number of carbonyl (C=O) groups is 2. The molecule has 0 bridgehead atoms. The van der Waals surface area contributed by atoms with E-state index in [1.165, 1.54) is 11.1 Å². The van der Waals surface area contributed by atoms with Gasteiger partial charge in [-0.3, -0.25) is 14.7 Å². The van der Waals surface area contributed by atoms with Crippen molar-refractivity contribution in [3.05, 3.63) is 46.8 Å². The molecule has 1 aromatic carbocycles. The molecule has 0 spiro atoms. The summed E-state index contributed by atoms with van der Waals surface area (Å²) >= 11 is 0. The summed E-state index contributed by atoms with van der Waals surface area (Å²) in [6.07, 6.45) is 2.01. The Labute approximate surface area is 166 Å². The van der Waals surface area contributed by atoms with Crippen LogP contribution in [0.5, 0.6) is 0 Å². The number of aromatic amines is 1.